The summed E-state index contributed by atoms with van der Waals surface area (Å²) in [7, 11) is 0. The number of carbonyl (C=O) groups is 3. The third-order valence-corrected chi connectivity index (χ3v) is 3.48. The second-order valence-electron chi connectivity index (χ2n) is 5.49. The van der Waals surface area contributed by atoms with Crippen LogP contribution in [0, 0.1) is 5.82 Å². The van der Waals surface area contributed by atoms with Crippen LogP contribution >= 0.6 is 0 Å². The minimum Gasteiger partial charge on any atom is -0.368 e. The van der Waals surface area contributed by atoms with E-state index in [1.54, 1.807) is 18.2 Å². The molecule has 6 nitrogen and oxygen atoms in total. The van der Waals surface area contributed by atoms with Crippen molar-refractivity contribution < 1.29 is 18.8 Å². The van der Waals surface area contributed by atoms with Gasteiger partial charge in [-0.05, 0) is 29.8 Å². The van der Waals surface area contributed by atoms with Gasteiger partial charge in [0.05, 0.1) is 11.3 Å². The van der Waals surface area contributed by atoms with Gasteiger partial charge in [-0.3, -0.25) is 14.4 Å². The number of nitrogens with two attached hydrogens (primary N) is 1. The Balaban J connectivity index is 2.17. The zero-order valence-corrected chi connectivity index (χ0v) is 13.6. The summed E-state index contributed by atoms with van der Waals surface area (Å²) in [5, 5.41) is 5.11. The number of anilines is 1. The molecule has 4 N–H and O–H groups in total. The molecule has 0 bridgehead atoms. The van der Waals surface area contributed by atoms with Gasteiger partial charge < -0.3 is 16.4 Å². The Labute approximate surface area is 144 Å². The molecule has 2 aromatic rings. The van der Waals surface area contributed by atoms with Gasteiger partial charge in [0.15, 0.2) is 0 Å². The van der Waals surface area contributed by atoms with Crippen LogP contribution in [0.5, 0.6) is 0 Å². The van der Waals surface area contributed by atoms with Gasteiger partial charge >= 0.3 is 0 Å². The van der Waals surface area contributed by atoms with Crippen LogP contribution in [0.4, 0.5) is 10.1 Å². The van der Waals surface area contributed by atoms with Crippen LogP contribution in [-0.4, -0.2) is 23.8 Å². The van der Waals surface area contributed by atoms with E-state index >= 15 is 0 Å². The lowest BCUT2D eigenvalue weighted by atomic mass is 10.0. The number of nitrogens with one attached hydrogen (secondary N) is 2. The number of carbonyl (C=O) groups excluding carboxylic acids is 3. The number of hydrogen-bond donors (Lipinski definition) is 3. The third-order valence-electron chi connectivity index (χ3n) is 3.48. The fraction of sp³-hybridized carbons (Fsp3) is 0.167. The summed E-state index contributed by atoms with van der Waals surface area (Å²) in [6.45, 7) is 1.33. The van der Waals surface area contributed by atoms with E-state index in [9.17, 15) is 18.8 Å². The van der Waals surface area contributed by atoms with Crippen molar-refractivity contribution in [3.05, 3.63) is 65.5 Å². The van der Waals surface area contributed by atoms with Crippen LogP contribution in [0.25, 0.3) is 0 Å². The van der Waals surface area contributed by atoms with Crippen LogP contribution in [0.2, 0.25) is 0 Å². The van der Waals surface area contributed by atoms with Crippen LogP contribution in [0.15, 0.2) is 48.5 Å². The molecule has 0 aromatic heterocycles. The summed E-state index contributed by atoms with van der Waals surface area (Å²) in [6.07, 6.45) is 0.129. The third kappa shape index (κ3) is 5.13. The standard InChI is InChI=1S/C18H18FN3O3/c1-11(23)21-15-5-3-2-4-14(15)18(25)22-16(17(20)24)10-12-6-8-13(19)9-7-12/h2-9,16H,10H2,1H3,(H2,20,24)(H,21,23)(H,22,25)/t16-/m1/s1. The maximum absolute atomic E-state index is 13.0. The number of hydrogen-bond acceptors (Lipinski definition) is 3. The van der Waals surface area contributed by atoms with E-state index in [1.807, 2.05) is 0 Å². The molecule has 0 saturated carbocycles. The predicted molar refractivity (Wildman–Crippen MR) is 91.3 cm³/mol. The molecule has 130 valence electrons. The van der Waals surface area contributed by atoms with Crippen molar-refractivity contribution in [1.29, 1.82) is 0 Å². The summed E-state index contributed by atoms with van der Waals surface area (Å²) in [5.74, 6) is -1.98. The molecule has 25 heavy (non-hydrogen) atoms. The van der Waals surface area contributed by atoms with Crippen LogP contribution in [0.1, 0.15) is 22.8 Å². The first kappa shape index (κ1) is 18.1. The van der Waals surface area contributed by atoms with E-state index in [0.717, 1.165) is 0 Å². The highest BCUT2D eigenvalue weighted by Crippen LogP contribution is 2.15. The van der Waals surface area contributed by atoms with Gasteiger partial charge in [0.25, 0.3) is 5.91 Å². The average Bonchev–Trinajstić information content (AvgIpc) is 2.56. The molecule has 0 fully saturated rings. The zero-order valence-electron chi connectivity index (χ0n) is 13.6. The van der Waals surface area contributed by atoms with Crippen molar-refractivity contribution in [3.63, 3.8) is 0 Å². The first-order valence-corrected chi connectivity index (χ1v) is 7.58. The maximum atomic E-state index is 13.0. The van der Waals surface area contributed by atoms with E-state index in [-0.39, 0.29) is 17.9 Å². The highest BCUT2D eigenvalue weighted by molar-refractivity contribution is 6.04. The van der Waals surface area contributed by atoms with Crippen molar-refractivity contribution in [2.45, 2.75) is 19.4 Å². The number of halogens is 1. The molecule has 0 heterocycles. The molecule has 2 aromatic carbocycles. The number of rotatable bonds is 6. The van der Waals surface area contributed by atoms with E-state index in [2.05, 4.69) is 10.6 Å². The molecule has 0 spiro atoms. The molecule has 0 saturated heterocycles. The molecule has 3 amide bonds. The number of benzene rings is 2. The molecule has 1 atom stereocenters. The molecule has 0 aliphatic rings. The predicted octanol–water partition coefficient (Wildman–Crippen LogP) is 1.61. The molecule has 0 unspecified atom stereocenters. The summed E-state index contributed by atoms with van der Waals surface area (Å²) in [5.41, 5.74) is 6.56. The van der Waals surface area contributed by atoms with Crippen molar-refractivity contribution in [2.24, 2.45) is 5.73 Å². The van der Waals surface area contributed by atoms with Gasteiger partial charge in [0, 0.05) is 13.3 Å². The smallest absolute Gasteiger partial charge is 0.254 e. The lowest BCUT2D eigenvalue weighted by molar-refractivity contribution is -0.119. The lowest BCUT2D eigenvalue weighted by Gasteiger charge is -2.17. The summed E-state index contributed by atoms with van der Waals surface area (Å²) >= 11 is 0. The highest BCUT2D eigenvalue weighted by atomic mass is 19.1. The average molecular weight is 343 g/mol. The Morgan fingerprint density at radius 3 is 2.32 bits per heavy atom. The Bertz CT molecular complexity index is 790. The first-order chi connectivity index (χ1) is 11.9. The normalized spacial score (nSPS) is 11.4. The number of amides is 3. The topological polar surface area (TPSA) is 101 Å². The van der Waals surface area contributed by atoms with Gasteiger partial charge in [-0.15, -0.1) is 0 Å². The Morgan fingerprint density at radius 2 is 1.72 bits per heavy atom. The summed E-state index contributed by atoms with van der Waals surface area (Å²) < 4.78 is 13.0. The van der Waals surface area contributed by atoms with Gasteiger partial charge in [-0.2, -0.15) is 0 Å². The van der Waals surface area contributed by atoms with Gasteiger partial charge in [-0.1, -0.05) is 24.3 Å². The zero-order chi connectivity index (χ0) is 18.4. The molecule has 0 radical (unpaired) electrons. The van der Waals surface area contributed by atoms with E-state index in [1.165, 1.54) is 37.3 Å². The SMILES string of the molecule is CC(=O)Nc1ccccc1C(=O)N[C@H](Cc1ccc(F)cc1)C(N)=O. The van der Waals surface area contributed by atoms with Gasteiger partial charge in [0.2, 0.25) is 11.8 Å². The fourth-order valence-electron chi connectivity index (χ4n) is 2.29. The van der Waals surface area contributed by atoms with E-state index < -0.39 is 23.7 Å². The summed E-state index contributed by atoms with van der Waals surface area (Å²) in [6, 6.07) is 11.0. The van der Waals surface area contributed by atoms with Gasteiger partial charge in [-0.25, -0.2) is 4.39 Å². The molecular weight excluding hydrogens is 325 g/mol. The van der Waals surface area contributed by atoms with Crippen molar-refractivity contribution >= 4 is 23.4 Å². The minimum atomic E-state index is -0.969. The first-order valence-electron chi connectivity index (χ1n) is 7.58. The largest absolute Gasteiger partial charge is 0.368 e. The highest BCUT2D eigenvalue weighted by Gasteiger charge is 2.21. The Hall–Kier alpha value is -3.22. The van der Waals surface area contributed by atoms with Crippen LogP contribution < -0.4 is 16.4 Å². The second kappa shape index (κ2) is 8.05. The Morgan fingerprint density at radius 1 is 1.08 bits per heavy atom. The van der Waals surface area contributed by atoms with E-state index in [4.69, 9.17) is 5.73 Å². The van der Waals surface area contributed by atoms with Crippen molar-refractivity contribution in [1.82, 2.24) is 5.32 Å². The lowest BCUT2D eigenvalue weighted by Crippen LogP contribution is -2.46. The molecule has 0 aliphatic heterocycles. The second-order valence-corrected chi connectivity index (χ2v) is 5.49. The van der Waals surface area contributed by atoms with Crippen LogP contribution in [0.3, 0.4) is 0 Å². The molecular formula is C18H18FN3O3. The van der Waals surface area contributed by atoms with Crippen LogP contribution in [-0.2, 0) is 16.0 Å². The van der Waals surface area contributed by atoms with Crippen molar-refractivity contribution in [3.8, 4) is 0 Å². The monoisotopic (exact) mass is 343 g/mol. The Kier molecular flexibility index (Phi) is 5.84. The fourth-order valence-corrected chi connectivity index (χ4v) is 2.29. The molecule has 2 rings (SSSR count). The quantitative estimate of drug-likeness (QED) is 0.743. The molecule has 7 heteroatoms. The van der Waals surface area contributed by atoms with E-state index in [0.29, 0.717) is 11.3 Å². The maximum Gasteiger partial charge on any atom is 0.254 e. The van der Waals surface area contributed by atoms with Crippen molar-refractivity contribution in [2.75, 3.05) is 5.32 Å². The minimum absolute atomic E-state index is 0.129. The summed E-state index contributed by atoms with van der Waals surface area (Å²) in [4.78, 5) is 35.4. The number of primary amides is 1. The molecule has 0 aliphatic carbocycles. The number of para-hydroxylation sites is 1. The van der Waals surface area contributed by atoms with Gasteiger partial charge in [0.1, 0.15) is 11.9 Å².